The molecule has 6 heteroatoms. The zero-order valence-corrected chi connectivity index (χ0v) is 13.0. The van der Waals surface area contributed by atoms with E-state index in [0.717, 1.165) is 38.5 Å². The number of ether oxygens (including phenoxy) is 3. The molecule has 1 atom stereocenters. The summed E-state index contributed by atoms with van der Waals surface area (Å²) in [6, 6.07) is 5.46. The molecule has 0 unspecified atom stereocenters. The largest absolute Gasteiger partial charge is 0.491 e. The molecule has 1 aromatic rings. The van der Waals surface area contributed by atoms with E-state index in [1.165, 1.54) is 0 Å². The van der Waals surface area contributed by atoms with Crippen molar-refractivity contribution in [2.45, 2.75) is 13.0 Å². The van der Waals surface area contributed by atoms with E-state index in [-0.39, 0.29) is 13.4 Å². The lowest BCUT2D eigenvalue weighted by atomic mass is 10.2. The van der Waals surface area contributed by atoms with Crippen molar-refractivity contribution < 1.29 is 19.3 Å². The van der Waals surface area contributed by atoms with Gasteiger partial charge < -0.3 is 24.2 Å². The molecule has 0 bridgehead atoms. The molecule has 2 heterocycles. The van der Waals surface area contributed by atoms with E-state index >= 15 is 0 Å². The molecule has 1 N–H and O–H groups in total. The fourth-order valence-electron chi connectivity index (χ4n) is 2.80. The third-order valence-corrected chi connectivity index (χ3v) is 4.17. The van der Waals surface area contributed by atoms with E-state index in [0.29, 0.717) is 18.0 Å². The fraction of sp³-hybridized carbons (Fsp3) is 0.625. The van der Waals surface area contributed by atoms with Crippen LogP contribution >= 0.6 is 0 Å². The Morgan fingerprint density at radius 3 is 2.64 bits per heavy atom. The summed E-state index contributed by atoms with van der Waals surface area (Å²) in [5, 5.41) is 10.1. The Morgan fingerprint density at radius 2 is 1.86 bits per heavy atom. The van der Waals surface area contributed by atoms with Gasteiger partial charge in [0, 0.05) is 38.8 Å². The van der Waals surface area contributed by atoms with Gasteiger partial charge in [-0.15, -0.1) is 0 Å². The summed E-state index contributed by atoms with van der Waals surface area (Å²) in [4.78, 5) is 4.71. The van der Waals surface area contributed by atoms with Crippen LogP contribution in [0.3, 0.4) is 0 Å². The van der Waals surface area contributed by atoms with Gasteiger partial charge in [-0.3, -0.25) is 4.90 Å². The number of fused-ring (bicyclic) bond motifs is 1. The van der Waals surface area contributed by atoms with E-state index in [4.69, 9.17) is 14.2 Å². The second-order valence-corrected chi connectivity index (χ2v) is 5.71. The van der Waals surface area contributed by atoms with E-state index < -0.39 is 6.10 Å². The number of benzene rings is 1. The second kappa shape index (κ2) is 7.17. The van der Waals surface area contributed by atoms with Gasteiger partial charge >= 0.3 is 0 Å². The average molecular weight is 308 g/mol. The summed E-state index contributed by atoms with van der Waals surface area (Å²) in [5.41, 5.74) is 0. The second-order valence-electron chi connectivity index (χ2n) is 5.71. The third kappa shape index (κ3) is 3.82. The number of hydrogen-bond donors (Lipinski definition) is 1. The fourth-order valence-corrected chi connectivity index (χ4v) is 2.80. The van der Waals surface area contributed by atoms with Crippen LogP contribution in [0.1, 0.15) is 6.92 Å². The van der Waals surface area contributed by atoms with Gasteiger partial charge in [0.05, 0.1) is 0 Å². The lowest BCUT2D eigenvalue weighted by Gasteiger charge is -2.34. The lowest BCUT2D eigenvalue weighted by molar-refractivity contribution is 0.0470. The zero-order chi connectivity index (χ0) is 15.4. The van der Waals surface area contributed by atoms with Gasteiger partial charge in [-0.1, -0.05) is 6.92 Å². The number of piperazine rings is 1. The highest BCUT2D eigenvalue weighted by molar-refractivity contribution is 5.46. The number of rotatable bonds is 6. The normalized spacial score (nSPS) is 20.1. The average Bonchev–Trinajstić information content (AvgIpc) is 3.01. The number of nitrogens with zero attached hydrogens (tertiary/aromatic N) is 2. The van der Waals surface area contributed by atoms with Gasteiger partial charge in [-0.2, -0.15) is 0 Å². The first-order valence-corrected chi connectivity index (χ1v) is 7.90. The van der Waals surface area contributed by atoms with Gasteiger partial charge in [0.1, 0.15) is 18.5 Å². The minimum absolute atomic E-state index is 0.255. The van der Waals surface area contributed by atoms with Crippen molar-refractivity contribution in [3.05, 3.63) is 18.2 Å². The predicted molar refractivity (Wildman–Crippen MR) is 82.6 cm³/mol. The molecule has 0 radical (unpaired) electrons. The quantitative estimate of drug-likeness (QED) is 0.839. The van der Waals surface area contributed by atoms with Crippen molar-refractivity contribution in [3.8, 4) is 17.2 Å². The van der Waals surface area contributed by atoms with E-state index in [1.807, 2.05) is 12.1 Å². The molecule has 0 aromatic heterocycles. The van der Waals surface area contributed by atoms with Crippen LogP contribution in [-0.4, -0.2) is 73.7 Å². The molecular formula is C16H24N2O4. The molecule has 0 saturated carbocycles. The van der Waals surface area contributed by atoms with Gasteiger partial charge in [0.2, 0.25) is 6.79 Å². The highest BCUT2D eigenvalue weighted by Crippen LogP contribution is 2.35. The first-order valence-electron chi connectivity index (χ1n) is 7.90. The molecule has 3 rings (SSSR count). The molecule has 0 spiro atoms. The van der Waals surface area contributed by atoms with Crippen molar-refractivity contribution in [2.75, 3.05) is 52.7 Å². The van der Waals surface area contributed by atoms with Crippen LogP contribution in [0.4, 0.5) is 0 Å². The molecule has 122 valence electrons. The van der Waals surface area contributed by atoms with Crippen LogP contribution in [0.25, 0.3) is 0 Å². The Morgan fingerprint density at radius 1 is 1.14 bits per heavy atom. The highest BCUT2D eigenvalue weighted by atomic mass is 16.7. The summed E-state index contributed by atoms with van der Waals surface area (Å²) < 4.78 is 16.2. The molecule has 22 heavy (non-hydrogen) atoms. The topological polar surface area (TPSA) is 54.4 Å². The molecule has 1 saturated heterocycles. The SMILES string of the molecule is CCN1CCN(C[C@H](O)COc2ccc3c(c2)OCO3)CC1. The number of aliphatic hydroxyl groups excluding tert-OH is 1. The third-order valence-electron chi connectivity index (χ3n) is 4.17. The summed E-state index contributed by atoms with van der Waals surface area (Å²) in [6.45, 7) is 8.65. The molecule has 6 nitrogen and oxygen atoms in total. The van der Waals surface area contributed by atoms with Crippen molar-refractivity contribution in [2.24, 2.45) is 0 Å². The first kappa shape index (κ1) is 15.4. The van der Waals surface area contributed by atoms with E-state index in [9.17, 15) is 5.11 Å². The van der Waals surface area contributed by atoms with Crippen LogP contribution in [-0.2, 0) is 0 Å². The van der Waals surface area contributed by atoms with Gasteiger partial charge in [-0.05, 0) is 18.7 Å². The Kier molecular flexibility index (Phi) is 5.02. The molecule has 2 aliphatic heterocycles. The van der Waals surface area contributed by atoms with Gasteiger partial charge in [0.25, 0.3) is 0 Å². The molecule has 2 aliphatic rings. The van der Waals surface area contributed by atoms with E-state index in [2.05, 4.69) is 16.7 Å². The summed E-state index contributed by atoms with van der Waals surface area (Å²) in [6.07, 6.45) is -0.487. The van der Waals surface area contributed by atoms with Crippen LogP contribution in [0.2, 0.25) is 0 Å². The Balaban J connectivity index is 1.42. The maximum absolute atomic E-state index is 10.1. The molecule has 0 amide bonds. The van der Waals surface area contributed by atoms with Gasteiger partial charge in [-0.25, -0.2) is 0 Å². The number of aliphatic hydroxyl groups is 1. The monoisotopic (exact) mass is 308 g/mol. The van der Waals surface area contributed by atoms with Crippen LogP contribution in [0, 0.1) is 0 Å². The lowest BCUT2D eigenvalue weighted by Crippen LogP contribution is -2.49. The smallest absolute Gasteiger partial charge is 0.231 e. The van der Waals surface area contributed by atoms with Crippen LogP contribution in [0.5, 0.6) is 17.2 Å². The highest BCUT2D eigenvalue weighted by Gasteiger charge is 2.19. The Labute approximate surface area is 131 Å². The Bertz CT molecular complexity index is 489. The predicted octanol–water partition coefficient (Wildman–Crippen LogP) is 0.792. The molecule has 0 aliphatic carbocycles. The molecule has 1 fully saturated rings. The first-order chi connectivity index (χ1) is 10.7. The van der Waals surface area contributed by atoms with E-state index in [1.54, 1.807) is 6.07 Å². The standard InChI is InChI=1S/C16H24N2O4/c1-2-17-5-7-18(8-6-17)10-13(19)11-20-14-3-4-15-16(9-14)22-12-21-15/h3-4,9,13,19H,2,5-8,10-12H2,1H3/t13-/m0/s1. The summed E-state index contributed by atoms with van der Waals surface area (Å²) >= 11 is 0. The van der Waals surface area contributed by atoms with Crippen molar-refractivity contribution >= 4 is 0 Å². The van der Waals surface area contributed by atoms with Crippen molar-refractivity contribution in [1.29, 1.82) is 0 Å². The van der Waals surface area contributed by atoms with Crippen molar-refractivity contribution in [3.63, 3.8) is 0 Å². The van der Waals surface area contributed by atoms with Gasteiger partial charge in [0.15, 0.2) is 11.5 Å². The zero-order valence-electron chi connectivity index (χ0n) is 13.0. The van der Waals surface area contributed by atoms with Crippen LogP contribution < -0.4 is 14.2 Å². The van der Waals surface area contributed by atoms with Crippen LogP contribution in [0.15, 0.2) is 18.2 Å². The summed E-state index contributed by atoms with van der Waals surface area (Å²) in [7, 11) is 0. The molecular weight excluding hydrogens is 284 g/mol. The number of hydrogen-bond acceptors (Lipinski definition) is 6. The minimum atomic E-state index is -0.487. The number of β-amino-alcohol motifs (C(OH)–C–C–N with tert-alkyl or cyclic N) is 1. The molecule has 1 aromatic carbocycles. The summed E-state index contributed by atoms with van der Waals surface area (Å²) in [5.74, 6) is 2.13. The Hall–Kier alpha value is -1.50. The maximum Gasteiger partial charge on any atom is 0.231 e. The maximum atomic E-state index is 10.1. The minimum Gasteiger partial charge on any atom is -0.491 e. The van der Waals surface area contributed by atoms with Crippen molar-refractivity contribution in [1.82, 2.24) is 9.80 Å². The number of likely N-dealkylation sites (N-methyl/N-ethyl adjacent to an activating group) is 1.